The van der Waals surface area contributed by atoms with E-state index in [0.717, 1.165) is 6.26 Å². The summed E-state index contributed by atoms with van der Waals surface area (Å²) in [6.07, 6.45) is 1.31. The van der Waals surface area contributed by atoms with Gasteiger partial charge in [0.2, 0.25) is 5.91 Å². The van der Waals surface area contributed by atoms with Gasteiger partial charge in [-0.1, -0.05) is 27.7 Å². The highest BCUT2D eigenvalue weighted by Gasteiger charge is 2.65. The van der Waals surface area contributed by atoms with Gasteiger partial charge in [-0.3, -0.25) is 4.79 Å². The molecule has 0 spiro atoms. The molecule has 1 atom stereocenters. The van der Waals surface area contributed by atoms with Crippen LogP contribution in [0.1, 0.15) is 34.1 Å². The van der Waals surface area contributed by atoms with Crippen molar-refractivity contribution in [3.63, 3.8) is 0 Å². The molecule has 0 heterocycles. The molecule has 3 N–H and O–H groups in total. The first-order chi connectivity index (χ1) is 7.89. The highest BCUT2D eigenvalue weighted by molar-refractivity contribution is 7.90. The lowest BCUT2D eigenvalue weighted by atomic mass is 10.0. The van der Waals surface area contributed by atoms with Crippen LogP contribution in [0.3, 0.4) is 0 Å². The minimum Gasteiger partial charge on any atom is -0.351 e. The van der Waals surface area contributed by atoms with Crippen molar-refractivity contribution in [2.75, 3.05) is 12.0 Å². The molecule has 0 aromatic heterocycles. The molecule has 1 unspecified atom stereocenters. The molecular weight excluding hydrogens is 252 g/mol. The Kier molecular flexibility index (Phi) is 3.85. The SMILES string of the molecule is CC1(C)C(NC(=O)C(N)CCS(C)(=O)=O)C1(C)C. The van der Waals surface area contributed by atoms with Gasteiger partial charge in [-0.05, 0) is 17.3 Å². The highest BCUT2D eigenvalue weighted by atomic mass is 32.2. The second kappa shape index (κ2) is 4.49. The van der Waals surface area contributed by atoms with E-state index < -0.39 is 15.9 Å². The lowest BCUT2D eigenvalue weighted by Gasteiger charge is -2.13. The molecule has 18 heavy (non-hydrogen) atoms. The van der Waals surface area contributed by atoms with Gasteiger partial charge in [0.1, 0.15) is 9.84 Å². The number of nitrogens with one attached hydrogen (secondary N) is 1. The quantitative estimate of drug-likeness (QED) is 0.756. The summed E-state index contributed by atoms with van der Waals surface area (Å²) in [5.41, 5.74) is 5.81. The molecule has 0 aromatic rings. The molecule has 1 aliphatic rings. The Bertz CT molecular complexity index is 426. The van der Waals surface area contributed by atoms with E-state index in [9.17, 15) is 13.2 Å². The largest absolute Gasteiger partial charge is 0.351 e. The highest BCUT2D eigenvalue weighted by Crippen LogP contribution is 2.62. The number of hydrogen-bond acceptors (Lipinski definition) is 4. The average Bonchev–Trinajstić information content (AvgIpc) is 2.56. The van der Waals surface area contributed by atoms with Crippen molar-refractivity contribution in [2.24, 2.45) is 16.6 Å². The average molecular weight is 276 g/mol. The molecule has 106 valence electrons. The predicted octanol–water partition coefficient (Wildman–Crippen LogP) is 0.299. The zero-order valence-electron chi connectivity index (χ0n) is 11.8. The van der Waals surface area contributed by atoms with Gasteiger partial charge in [0.25, 0.3) is 0 Å². The van der Waals surface area contributed by atoms with E-state index in [4.69, 9.17) is 5.73 Å². The van der Waals surface area contributed by atoms with Crippen LogP contribution in [0.4, 0.5) is 0 Å². The third-order valence-corrected chi connectivity index (χ3v) is 5.42. The monoisotopic (exact) mass is 276 g/mol. The molecule has 0 aliphatic heterocycles. The van der Waals surface area contributed by atoms with Crippen LogP contribution < -0.4 is 11.1 Å². The zero-order chi connectivity index (χ0) is 14.4. The standard InChI is InChI=1S/C12H24N2O3S/c1-11(2)10(12(11,3)4)14-9(15)8(13)6-7-18(5,16)17/h8,10H,6-7,13H2,1-5H3,(H,14,15). The predicted molar refractivity (Wildman–Crippen MR) is 71.8 cm³/mol. The van der Waals surface area contributed by atoms with Crippen LogP contribution >= 0.6 is 0 Å². The second-order valence-corrected chi connectivity index (χ2v) is 8.67. The number of nitrogens with two attached hydrogens (primary N) is 1. The van der Waals surface area contributed by atoms with Crippen LogP contribution in [-0.2, 0) is 14.6 Å². The number of carbonyl (C=O) groups excluding carboxylic acids is 1. The van der Waals surface area contributed by atoms with Gasteiger partial charge in [-0.25, -0.2) is 8.42 Å². The van der Waals surface area contributed by atoms with Crippen LogP contribution in [0.15, 0.2) is 0 Å². The molecule has 0 bridgehead atoms. The Morgan fingerprint density at radius 1 is 1.28 bits per heavy atom. The van der Waals surface area contributed by atoms with Crippen molar-refractivity contribution in [2.45, 2.75) is 46.2 Å². The zero-order valence-corrected chi connectivity index (χ0v) is 12.6. The minimum absolute atomic E-state index is 0.0548. The summed E-state index contributed by atoms with van der Waals surface area (Å²) in [7, 11) is -3.07. The van der Waals surface area contributed by atoms with Crippen LogP contribution in [0.25, 0.3) is 0 Å². The van der Waals surface area contributed by atoms with Crippen molar-refractivity contribution in [1.82, 2.24) is 5.32 Å². The molecule has 1 rings (SSSR count). The Labute approximate surface area is 109 Å². The van der Waals surface area contributed by atoms with Crippen molar-refractivity contribution in [1.29, 1.82) is 0 Å². The summed E-state index contributed by atoms with van der Waals surface area (Å²) in [5.74, 6) is -0.318. The third kappa shape index (κ3) is 3.03. The molecule has 1 saturated carbocycles. The van der Waals surface area contributed by atoms with Gasteiger partial charge in [0.05, 0.1) is 11.8 Å². The van der Waals surface area contributed by atoms with Crippen LogP contribution in [0.2, 0.25) is 0 Å². The summed E-state index contributed by atoms with van der Waals surface area (Å²) >= 11 is 0. The minimum atomic E-state index is -3.07. The fraction of sp³-hybridized carbons (Fsp3) is 0.917. The summed E-state index contributed by atoms with van der Waals surface area (Å²) in [4.78, 5) is 11.9. The second-order valence-electron chi connectivity index (χ2n) is 6.41. The van der Waals surface area contributed by atoms with Crippen molar-refractivity contribution in [3.8, 4) is 0 Å². The fourth-order valence-corrected chi connectivity index (χ4v) is 2.96. The van der Waals surface area contributed by atoms with E-state index in [1.165, 1.54) is 0 Å². The maximum atomic E-state index is 11.9. The van der Waals surface area contributed by atoms with Gasteiger partial charge in [0.15, 0.2) is 0 Å². The normalized spacial score (nSPS) is 23.4. The number of rotatable bonds is 5. The molecule has 0 radical (unpaired) electrons. The van der Waals surface area contributed by atoms with E-state index >= 15 is 0 Å². The van der Waals surface area contributed by atoms with E-state index in [1.54, 1.807) is 0 Å². The Hall–Kier alpha value is -0.620. The molecule has 0 aromatic carbocycles. The number of amides is 1. The van der Waals surface area contributed by atoms with Crippen molar-refractivity contribution in [3.05, 3.63) is 0 Å². The first-order valence-corrected chi connectivity index (χ1v) is 8.19. The Balaban J connectivity index is 2.48. The van der Waals surface area contributed by atoms with E-state index in [0.29, 0.717) is 0 Å². The number of hydrogen-bond donors (Lipinski definition) is 2. The maximum absolute atomic E-state index is 11.9. The van der Waals surface area contributed by atoms with Crippen LogP contribution in [-0.4, -0.2) is 38.4 Å². The smallest absolute Gasteiger partial charge is 0.237 e. The lowest BCUT2D eigenvalue weighted by molar-refractivity contribution is -0.122. The maximum Gasteiger partial charge on any atom is 0.237 e. The van der Waals surface area contributed by atoms with Gasteiger partial charge in [-0.2, -0.15) is 0 Å². The van der Waals surface area contributed by atoms with Crippen LogP contribution in [0.5, 0.6) is 0 Å². The molecule has 5 nitrogen and oxygen atoms in total. The third-order valence-electron chi connectivity index (χ3n) is 4.44. The van der Waals surface area contributed by atoms with E-state index in [-0.39, 0.29) is 35.0 Å². The van der Waals surface area contributed by atoms with Gasteiger partial charge < -0.3 is 11.1 Å². The Morgan fingerprint density at radius 2 is 1.72 bits per heavy atom. The van der Waals surface area contributed by atoms with Gasteiger partial charge >= 0.3 is 0 Å². The Morgan fingerprint density at radius 3 is 2.06 bits per heavy atom. The summed E-state index contributed by atoms with van der Waals surface area (Å²) in [5, 5.41) is 2.91. The van der Waals surface area contributed by atoms with Crippen molar-refractivity contribution >= 4 is 15.7 Å². The molecule has 6 heteroatoms. The number of sulfone groups is 1. The topological polar surface area (TPSA) is 89.3 Å². The molecule has 1 fully saturated rings. The van der Waals surface area contributed by atoms with Crippen molar-refractivity contribution < 1.29 is 13.2 Å². The molecule has 1 aliphatic carbocycles. The van der Waals surface area contributed by atoms with E-state index in [1.807, 2.05) is 0 Å². The molecule has 0 saturated heterocycles. The number of carbonyl (C=O) groups is 1. The summed E-state index contributed by atoms with van der Waals surface area (Å²) < 4.78 is 22.0. The molecular formula is C12H24N2O3S. The lowest BCUT2D eigenvalue weighted by Crippen LogP contribution is -2.44. The first kappa shape index (κ1) is 15.4. The fourth-order valence-electron chi connectivity index (χ4n) is 2.28. The first-order valence-electron chi connectivity index (χ1n) is 6.13. The summed E-state index contributed by atoms with van der Waals surface area (Å²) in [6, 6.07) is -0.659. The van der Waals surface area contributed by atoms with Gasteiger partial charge in [-0.15, -0.1) is 0 Å². The summed E-state index contributed by atoms with van der Waals surface area (Å²) in [6.45, 7) is 8.39. The van der Waals surface area contributed by atoms with Crippen LogP contribution in [0, 0.1) is 10.8 Å². The van der Waals surface area contributed by atoms with E-state index in [2.05, 4.69) is 33.0 Å². The molecule has 1 amide bonds. The van der Waals surface area contributed by atoms with Gasteiger partial charge in [0, 0.05) is 12.3 Å².